The van der Waals surface area contributed by atoms with Crippen LogP contribution in [0.2, 0.25) is 0 Å². The van der Waals surface area contributed by atoms with Crippen LogP contribution in [0.4, 0.5) is 0 Å². The maximum absolute atomic E-state index is 11.8. The first-order chi connectivity index (χ1) is 12.5. The predicted octanol–water partition coefficient (Wildman–Crippen LogP) is 1.28. The van der Waals surface area contributed by atoms with Gasteiger partial charge in [-0.05, 0) is 31.2 Å². The Hall–Kier alpha value is -2.94. The molecule has 0 aliphatic heterocycles. The molecule has 0 aliphatic rings. The molecule has 1 unspecified atom stereocenters. The van der Waals surface area contributed by atoms with E-state index in [1.165, 1.54) is 7.11 Å². The highest BCUT2D eigenvalue weighted by atomic mass is 16.5. The summed E-state index contributed by atoms with van der Waals surface area (Å²) in [5, 5.41) is 15.2. The fourth-order valence-corrected chi connectivity index (χ4v) is 2.17. The van der Waals surface area contributed by atoms with Gasteiger partial charge in [-0.1, -0.05) is 5.16 Å². The number of carbonyl (C=O) groups excluding carboxylic acids is 1. The first-order valence-electron chi connectivity index (χ1n) is 8.10. The molecule has 1 aromatic heterocycles. The van der Waals surface area contributed by atoms with Gasteiger partial charge in [0.2, 0.25) is 17.6 Å². The van der Waals surface area contributed by atoms with Crippen molar-refractivity contribution in [3.8, 4) is 17.1 Å². The van der Waals surface area contributed by atoms with Gasteiger partial charge in [-0.15, -0.1) is 0 Å². The van der Waals surface area contributed by atoms with Crippen LogP contribution in [0.15, 0.2) is 28.8 Å². The van der Waals surface area contributed by atoms with Crippen molar-refractivity contribution in [2.24, 2.45) is 0 Å². The monoisotopic (exact) mass is 363 g/mol. The van der Waals surface area contributed by atoms with Crippen molar-refractivity contribution in [2.45, 2.75) is 25.8 Å². The van der Waals surface area contributed by atoms with E-state index in [9.17, 15) is 9.59 Å². The lowest BCUT2D eigenvalue weighted by Crippen LogP contribution is -2.43. The van der Waals surface area contributed by atoms with Crippen molar-refractivity contribution in [3.63, 3.8) is 0 Å². The minimum atomic E-state index is -1.16. The SMILES string of the molecule is CCOc1ccc(-c2noc(CCC(=O)NC(COC)C(=O)O)n2)cc1. The largest absolute Gasteiger partial charge is 0.494 e. The molecule has 9 nitrogen and oxygen atoms in total. The first-order valence-corrected chi connectivity index (χ1v) is 8.10. The summed E-state index contributed by atoms with van der Waals surface area (Å²) in [6.07, 6.45) is 0.230. The van der Waals surface area contributed by atoms with E-state index >= 15 is 0 Å². The Morgan fingerprint density at radius 1 is 1.31 bits per heavy atom. The number of methoxy groups -OCH3 is 1. The van der Waals surface area contributed by atoms with Gasteiger partial charge in [-0.3, -0.25) is 4.79 Å². The quantitative estimate of drug-likeness (QED) is 0.647. The highest BCUT2D eigenvalue weighted by molar-refractivity contribution is 5.83. The molecule has 0 saturated carbocycles. The van der Waals surface area contributed by atoms with Crippen LogP contribution in [0.5, 0.6) is 5.75 Å². The third-order valence-electron chi connectivity index (χ3n) is 3.42. The number of carboxylic acids is 1. The molecule has 2 aromatic rings. The van der Waals surface area contributed by atoms with E-state index in [1.54, 1.807) is 0 Å². The normalized spacial score (nSPS) is 11.8. The second-order valence-corrected chi connectivity index (χ2v) is 5.38. The van der Waals surface area contributed by atoms with E-state index < -0.39 is 17.9 Å². The smallest absolute Gasteiger partial charge is 0.328 e. The molecular formula is C17H21N3O6. The molecule has 0 saturated heterocycles. The zero-order valence-corrected chi connectivity index (χ0v) is 14.6. The summed E-state index contributed by atoms with van der Waals surface area (Å²) in [5.74, 6) is -0.138. The Bertz CT molecular complexity index is 728. The average Bonchev–Trinajstić information content (AvgIpc) is 3.09. The number of nitrogens with zero attached hydrogens (tertiary/aromatic N) is 2. The third kappa shape index (κ3) is 5.55. The number of hydrogen-bond donors (Lipinski definition) is 2. The number of aliphatic carboxylic acids is 1. The van der Waals surface area contributed by atoms with Crippen LogP contribution in [0.25, 0.3) is 11.4 Å². The van der Waals surface area contributed by atoms with Crippen molar-refractivity contribution in [1.29, 1.82) is 0 Å². The van der Waals surface area contributed by atoms with Gasteiger partial charge < -0.3 is 24.4 Å². The highest BCUT2D eigenvalue weighted by Crippen LogP contribution is 2.20. The van der Waals surface area contributed by atoms with E-state index in [-0.39, 0.29) is 19.4 Å². The predicted molar refractivity (Wildman–Crippen MR) is 90.7 cm³/mol. The second kappa shape index (κ2) is 9.52. The van der Waals surface area contributed by atoms with Crippen LogP contribution in [-0.4, -0.2) is 53.5 Å². The molecule has 0 fully saturated rings. The second-order valence-electron chi connectivity index (χ2n) is 5.38. The number of ether oxygens (including phenoxy) is 2. The number of aryl methyl sites for hydroxylation is 1. The van der Waals surface area contributed by atoms with Crippen LogP contribution in [0, 0.1) is 0 Å². The van der Waals surface area contributed by atoms with Crippen LogP contribution < -0.4 is 10.1 Å². The van der Waals surface area contributed by atoms with Crippen molar-refractivity contribution in [1.82, 2.24) is 15.5 Å². The number of hydrogen-bond acceptors (Lipinski definition) is 7. The van der Waals surface area contributed by atoms with Crippen LogP contribution >= 0.6 is 0 Å². The lowest BCUT2D eigenvalue weighted by atomic mass is 10.2. The van der Waals surface area contributed by atoms with Gasteiger partial charge in [0.05, 0.1) is 13.2 Å². The van der Waals surface area contributed by atoms with E-state index in [4.69, 9.17) is 19.1 Å². The minimum absolute atomic E-state index is 0.0262. The summed E-state index contributed by atoms with van der Waals surface area (Å²) < 4.78 is 15.3. The molecule has 0 radical (unpaired) electrons. The van der Waals surface area contributed by atoms with Crippen LogP contribution in [-0.2, 0) is 20.7 Å². The molecule has 26 heavy (non-hydrogen) atoms. The number of carbonyl (C=O) groups is 2. The van der Waals surface area contributed by atoms with Gasteiger partial charge in [0.15, 0.2) is 6.04 Å². The van der Waals surface area contributed by atoms with Gasteiger partial charge >= 0.3 is 5.97 Å². The molecule has 2 N–H and O–H groups in total. The van der Waals surface area contributed by atoms with Crippen molar-refractivity contribution in [3.05, 3.63) is 30.2 Å². The Morgan fingerprint density at radius 2 is 2.04 bits per heavy atom. The molecule has 140 valence electrons. The number of amides is 1. The van der Waals surface area contributed by atoms with Gasteiger partial charge in [0.1, 0.15) is 5.75 Å². The van der Waals surface area contributed by atoms with Gasteiger partial charge in [0, 0.05) is 25.5 Å². The lowest BCUT2D eigenvalue weighted by molar-refractivity contribution is -0.143. The van der Waals surface area contributed by atoms with E-state index in [1.807, 2.05) is 31.2 Å². The number of aromatic nitrogens is 2. The van der Waals surface area contributed by atoms with Crippen LogP contribution in [0.1, 0.15) is 19.2 Å². The summed E-state index contributed by atoms with van der Waals surface area (Å²) in [6.45, 7) is 2.38. The minimum Gasteiger partial charge on any atom is -0.494 e. The molecule has 0 spiro atoms. The molecule has 0 aliphatic carbocycles. The Kier molecular flexibility index (Phi) is 7.10. The number of rotatable bonds is 10. The maximum atomic E-state index is 11.8. The van der Waals surface area contributed by atoms with E-state index in [0.717, 1.165) is 11.3 Å². The Balaban J connectivity index is 1.89. The topological polar surface area (TPSA) is 124 Å². The lowest BCUT2D eigenvalue weighted by Gasteiger charge is -2.12. The van der Waals surface area contributed by atoms with E-state index in [2.05, 4.69) is 15.5 Å². The Morgan fingerprint density at radius 3 is 2.65 bits per heavy atom. The zero-order chi connectivity index (χ0) is 18.9. The fraction of sp³-hybridized carbons (Fsp3) is 0.412. The van der Waals surface area contributed by atoms with Crippen molar-refractivity contribution in [2.75, 3.05) is 20.3 Å². The van der Waals surface area contributed by atoms with Crippen molar-refractivity contribution < 1.29 is 28.7 Å². The number of carboxylic acid groups (broad SMARTS) is 1. The molecule has 1 atom stereocenters. The summed E-state index contributed by atoms with van der Waals surface area (Å²) in [7, 11) is 1.36. The zero-order valence-electron chi connectivity index (χ0n) is 14.6. The summed E-state index contributed by atoms with van der Waals surface area (Å²) in [5.41, 5.74) is 0.763. The van der Waals surface area contributed by atoms with Gasteiger partial charge in [-0.25, -0.2) is 4.79 Å². The standard InChI is InChI=1S/C17H21N3O6/c1-3-25-12-6-4-11(5-7-12)16-19-15(26-20-16)9-8-14(21)18-13(10-24-2)17(22)23/h4-7,13H,3,8-10H2,1-2H3,(H,18,21)(H,22,23). The molecule has 2 rings (SSSR count). The van der Waals surface area contributed by atoms with Gasteiger partial charge in [-0.2, -0.15) is 4.98 Å². The number of nitrogens with one attached hydrogen (secondary N) is 1. The third-order valence-corrected chi connectivity index (χ3v) is 3.42. The molecule has 0 bridgehead atoms. The molecule has 1 heterocycles. The summed E-state index contributed by atoms with van der Waals surface area (Å²) >= 11 is 0. The molecule has 1 amide bonds. The van der Waals surface area contributed by atoms with Gasteiger partial charge in [0.25, 0.3) is 0 Å². The Labute approximate surface area is 150 Å². The maximum Gasteiger partial charge on any atom is 0.328 e. The van der Waals surface area contributed by atoms with E-state index in [0.29, 0.717) is 18.3 Å². The fourth-order valence-electron chi connectivity index (χ4n) is 2.17. The summed E-state index contributed by atoms with van der Waals surface area (Å²) in [6, 6.07) is 6.16. The van der Waals surface area contributed by atoms with Crippen molar-refractivity contribution >= 4 is 11.9 Å². The number of benzene rings is 1. The van der Waals surface area contributed by atoms with Crippen LogP contribution in [0.3, 0.4) is 0 Å². The molecular weight excluding hydrogens is 342 g/mol. The first kappa shape index (κ1) is 19.4. The highest BCUT2D eigenvalue weighted by Gasteiger charge is 2.20. The average molecular weight is 363 g/mol. The molecule has 9 heteroatoms. The summed E-state index contributed by atoms with van der Waals surface area (Å²) in [4.78, 5) is 27.1. The molecule has 1 aromatic carbocycles.